The van der Waals surface area contributed by atoms with Gasteiger partial charge in [-0.2, -0.15) is 0 Å². The van der Waals surface area contributed by atoms with E-state index in [1.807, 2.05) is 6.92 Å². The van der Waals surface area contributed by atoms with Crippen molar-refractivity contribution in [2.75, 3.05) is 13.1 Å². The monoisotopic (exact) mass is 312 g/mol. The smallest absolute Gasteiger partial charge is 0.0999 e. The first kappa shape index (κ1) is 18.2. The Hall–Kier alpha value is -0.150. The molecule has 0 aromatic rings. The molecule has 0 aromatic carbocycles. The van der Waals surface area contributed by atoms with Crippen molar-refractivity contribution in [2.24, 2.45) is 17.8 Å². The van der Waals surface area contributed by atoms with E-state index in [0.717, 1.165) is 30.6 Å². The number of nitrogens with one attached hydrogen (secondary N) is 2. The maximum Gasteiger partial charge on any atom is 0.0999 e. The molecule has 1 unspecified atom stereocenters. The zero-order chi connectivity index (χ0) is 15.8. The molecule has 22 heavy (non-hydrogen) atoms. The Morgan fingerprint density at radius 3 is 2.32 bits per heavy atom. The summed E-state index contributed by atoms with van der Waals surface area (Å²) in [6.07, 6.45) is 11.8. The van der Waals surface area contributed by atoms with Crippen molar-refractivity contribution in [1.29, 1.82) is 0 Å². The minimum absolute atomic E-state index is 0.556. The standard InChI is InChI=1S/C19H37FN2/c1-3-18(20)8-6-4-5-7-16-13-21-19(22-14-16)17-11-9-15(2)10-12-17/h15-19,21-22H,3-14H2,1-2H3. The van der Waals surface area contributed by atoms with Crippen molar-refractivity contribution in [1.82, 2.24) is 10.6 Å². The lowest BCUT2D eigenvalue weighted by molar-refractivity contribution is 0.166. The summed E-state index contributed by atoms with van der Waals surface area (Å²) in [5.41, 5.74) is 0. The fourth-order valence-electron chi connectivity index (χ4n) is 4.07. The van der Waals surface area contributed by atoms with Crippen molar-refractivity contribution >= 4 is 0 Å². The molecule has 2 rings (SSSR count). The van der Waals surface area contributed by atoms with Gasteiger partial charge in [0, 0.05) is 13.1 Å². The predicted molar refractivity (Wildman–Crippen MR) is 92.7 cm³/mol. The van der Waals surface area contributed by atoms with E-state index in [9.17, 15) is 4.39 Å². The van der Waals surface area contributed by atoms with E-state index in [1.165, 1.54) is 58.0 Å². The molecule has 2 nitrogen and oxygen atoms in total. The topological polar surface area (TPSA) is 24.1 Å². The van der Waals surface area contributed by atoms with Gasteiger partial charge in [-0.3, -0.25) is 0 Å². The summed E-state index contributed by atoms with van der Waals surface area (Å²) >= 11 is 0. The van der Waals surface area contributed by atoms with Crippen molar-refractivity contribution < 1.29 is 4.39 Å². The van der Waals surface area contributed by atoms with Crippen molar-refractivity contribution in [3.05, 3.63) is 0 Å². The molecule has 0 bridgehead atoms. The van der Waals surface area contributed by atoms with Crippen LogP contribution in [0.3, 0.4) is 0 Å². The highest BCUT2D eigenvalue weighted by molar-refractivity contribution is 4.84. The van der Waals surface area contributed by atoms with Crippen LogP contribution in [0.25, 0.3) is 0 Å². The molecule has 1 atom stereocenters. The van der Waals surface area contributed by atoms with Gasteiger partial charge in [-0.1, -0.05) is 46.0 Å². The molecular weight excluding hydrogens is 275 g/mol. The van der Waals surface area contributed by atoms with Gasteiger partial charge in [-0.05, 0) is 49.9 Å². The third kappa shape index (κ3) is 6.16. The zero-order valence-electron chi connectivity index (χ0n) is 14.7. The van der Waals surface area contributed by atoms with Crippen molar-refractivity contribution in [2.45, 2.75) is 90.4 Å². The lowest BCUT2D eigenvalue weighted by Crippen LogP contribution is -2.56. The number of hydrogen-bond donors (Lipinski definition) is 2. The summed E-state index contributed by atoms with van der Waals surface area (Å²) in [6.45, 7) is 6.67. The summed E-state index contributed by atoms with van der Waals surface area (Å²) in [5.74, 6) is 2.54. The largest absolute Gasteiger partial charge is 0.301 e. The molecule has 0 radical (unpaired) electrons. The first-order valence-electron chi connectivity index (χ1n) is 9.79. The average molecular weight is 313 g/mol. The molecule has 1 heterocycles. The molecule has 2 N–H and O–H groups in total. The molecule has 3 heteroatoms. The van der Waals surface area contributed by atoms with Crippen LogP contribution in [0.15, 0.2) is 0 Å². The molecule has 2 fully saturated rings. The molecule has 1 saturated heterocycles. The van der Waals surface area contributed by atoms with Crippen LogP contribution < -0.4 is 10.6 Å². The van der Waals surface area contributed by atoms with Gasteiger partial charge in [-0.15, -0.1) is 0 Å². The van der Waals surface area contributed by atoms with Gasteiger partial charge in [0.2, 0.25) is 0 Å². The molecule has 0 aromatic heterocycles. The van der Waals surface area contributed by atoms with Gasteiger partial charge in [0.1, 0.15) is 0 Å². The second-order valence-electron chi connectivity index (χ2n) is 7.82. The molecule has 0 amide bonds. The van der Waals surface area contributed by atoms with E-state index in [2.05, 4.69) is 17.6 Å². The molecule has 1 aliphatic heterocycles. The van der Waals surface area contributed by atoms with Gasteiger partial charge >= 0.3 is 0 Å². The van der Waals surface area contributed by atoms with Crippen LogP contribution in [-0.2, 0) is 0 Å². The zero-order valence-corrected chi connectivity index (χ0v) is 14.7. The molecule has 1 saturated carbocycles. The highest BCUT2D eigenvalue weighted by Gasteiger charge is 2.29. The summed E-state index contributed by atoms with van der Waals surface area (Å²) < 4.78 is 13.1. The first-order valence-corrected chi connectivity index (χ1v) is 9.79. The Morgan fingerprint density at radius 2 is 1.68 bits per heavy atom. The Morgan fingerprint density at radius 1 is 1.00 bits per heavy atom. The highest BCUT2D eigenvalue weighted by atomic mass is 19.1. The Labute approximate surface area is 137 Å². The van der Waals surface area contributed by atoms with E-state index in [1.54, 1.807) is 0 Å². The Balaban J connectivity index is 1.52. The number of halogens is 1. The highest BCUT2D eigenvalue weighted by Crippen LogP contribution is 2.30. The van der Waals surface area contributed by atoms with Gasteiger partial charge < -0.3 is 10.6 Å². The van der Waals surface area contributed by atoms with Gasteiger partial charge in [0.15, 0.2) is 0 Å². The maximum atomic E-state index is 13.1. The summed E-state index contributed by atoms with van der Waals surface area (Å²) in [7, 11) is 0. The van der Waals surface area contributed by atoms with Crippen LogP contribution >= 0.6 is 0 Å². The second kappa shape index (κ2) is 9.87. The van der Waals surface area contributed by atoms with Crippen molar-refractivity contribution in [3.63, 3.8) is 0 Å². The number of alkyl halides is 1. The molecule has 130 valence electrons. The molecule has 0 spiro atoms. The van der Waals surface area contributed by atoms with Crippen LogP contribution in [0, 0.1) is 17.8 Å². The minimum Gasteiger partial charge on any atom is -0.301 e. The average Bonchev–Trinajstić information content (AvgIpc) is 2.55. The van der Waals surface area contributed by atoms with Crippen LogP contribution in [0.2, 0.25) is 0 Å². The fraction of sp³-hybridized carbons (Fsp3) is 1.00. The predicted octanol–water partition coefficient (Wildman–Crippen LogP) is 4.65. The normalized spacial score (nSPS) is 34.5. The summed E-state index contributed by atoms with van der Waals surface area (Å²) in [4.78, 5) is 0. The van der Waals surface area contributed by atoms with Crippen LogP contribution in [0.4, 0.5) is 4.39 Å². The van der Waals surface area contributed by atoms with E-state index in [4.69, 9.17) is 0 Å². The van der Waals surface area contributed by atoms with Crippen LogP contribution in [-0.4, -0.2) is 25.4 Å². The quantitative estimate of drug-likeness (QED) is 0.638. The maximum absolute atomic E-state index is 13.1. The van der Waals surface area contributed by atoms with Crippen molar-refractivity contribution in [3.8, 4) is 0 Å². The van der Waals surface area contributed by atoms with E-state index >= 15 is 0 Å². The SMILES string of the molecule is CCC(F)CCCCCC1CNC(C2CCC(C)CC2)NC1. The van der Waals surface area contributed by atoms with Crippen LogP contribution in [0.5, 0.6) is 0 Å². The third-order valence-corrected chi connectivity index (χ3v) is 5.86. The van der Waals surface area contributed by atoms with Gasteiger partial charge in [0.25, 0.3) is 0 Å². The van der Waals surface area contributed by atoms with E-state index < -0.39 is 6.17 Å². The lowest BCUT2D eigenvalue weighted by Gasteiger charge is -2.39. The summed E-state index contributed by atoms with van der Waals surface area (Å²) in [5, 5.41) is 7.50. The first-order chi connectivity index (χ1) is 10.7. The van der Waals surface area contributed by atoms with Gasteiger partial charge in [-0.25, -0.2) is 4.39 Å². The number of unbranched alkanes of at least 4 members (excludes halogenated alkanes) is 2. The molecular formula is C19H37FN2. The van der Waals surface area contributed by atoms with Crippen LogP contribution in [0.1, 0.15) is 78.1 Å². The number of rotatable bonds is 8. The fourth-order valence-corrected chi connectivity index (χ4v) is 4.07. The Kier molecular flexibility index (Phi) is 8.16. The second-order valence-corrected chi connectivity index (χ2v) is 7.82. The number of hydrogen-bond acceptors (Lipinski definition) is 2. The lowest BCUT2D eigenvalue weighted by atomic mass is 9.80. The van der Waals surface area contributed by atoms with Gasteiger partial charge in [0.05, 0.1) is 12.3 Å². The Bertz CT molecular complexity index is 281. The minimum atomic E-state index is -0.572. The summed E-state index contributed by atoms with van der Waals surface area (Å²) in [6, 6.07) is 0. The van der Waals surface area contributed by atoms with E-state index in [-0.39, 0.29) is 0 Å². The van der Waals surface area contributed by atoms with E-state index in [0.29, 0.717) is 12.6 Å². The molecule has 2 aliphatic rings. The third-order valence-electron chi connectivity index (χ3n) is 5.86. The molecule has 1 aliphatic carbocycles.